The molecule has 5 heterocycles. The van der Waals surface area contributed by atoms with Crippen molar-refractivity contribution < 1.29 is 53.3 Å². The molecule has 0 radical (unpaired) electrons. The Balaban J connectivity index is 0.993. The van der Waals surface area contributed by atoms with E-state index in [-0.39, 0.29) is 57.3 Å². The summed E-state index contributed by atoms with van der Waals surface area (Å²) >= 11 is 0. The molecule has 8 rings (SSSR count). The van der Waals surface area contributed by atoms with Crippen molar-refractivity contribution in [3.05, 3.63) is 39.8 Å². The van der Waals surface area contributed by atoms with E-state index < -0.39 is 52.5 Å². The lowest BCUT2D eigenvalue weighted by Crippen LogP contribution is -2.70. The van der Waals surface area contributed by atoms with Crippen molar-refractivity contribution in [1.29, 1.82) is 0 Å². The molecule has 2 aliphatic carbocycles. The molecule has 7 aliphatic rings. The second kappa shape index (κ2) is 11.9. The summed E-state index contributed by atoms with van der Waals surface area (Å²) in [6.45, 7) is 13.2. The number of hydrogen-bond acceptors (Lipinski definition) is 12. The van der Waals surface area contributed by atoms with Gasteiger partial charge in [-0.3, -0.25) is 14.4 Å². The van der Waals surface area contributed by atoms with Gasteiger partial charge in [0.15, 0.2) is 35.5 Å². The first-order valence-electron chi connectivity index (χ1n) is 17.5. The summed E-state index contributed by atoms with van der Waals surface area (Å²) in [7, 11) is 0. The van der Waals surface area contributed by atoms with Crippen LogP contribution in [-0.4, -0.2) is 64.7 Å². The number of ketones is 3. The quantitative estimate of drug-likeness (QED) is 0.109. The number of aromatic hydroxyl groups is 2. The van der Waals surface area contributed by atoms with Crippen LogP contribution in [0, 0.1) is 30.6 Å². The van der Waals surface area contributed by atoms with Gasteiger partial charge in [0.1, 0.15) is 34.0 Å². The molecule has 12 heteroatoms. The lowest BCUT2D eigenvalue weighted by molar-refractivity contribution is -0.577. The molecule has 1 spiro atoms. The van der Waals surface area contributed by atoms with Crippen molar-refractivity contribution in [2.45, 2.75) is 116 Å². The highest BCUT2D eigenvalue weighted by Gasteiger charge is 2.69. The van der Waals surface area contributed by atoms with Gasteiger partial charge < -0.3 is 34.5 Å². The van der Waals surface area contributed by atoms with Crippen molar-refractivity contribution in [1.82, 2.24) is 5.32 Å². The van der Waals surface area contributed by atoms with Gasteiger partial charge >= 0.3 is 0 Å². The van der Waals surface area contributed by atoms with E-state index in [1.807, 2.05) is 6.92 Å². The highest BCUT2D eigenvalue weighted by molar-refractivity contribution is 6.31. The van der Waals surface area contributed by atoms with Crippen LogP contribution >= 0.6 is 0 Å². The third-order valence-electron chi connectivity index (χ3n) is 12.1. The molecule has 5 fully saturated rings. The molecule has 1 unspecified atom stereocenters. The molecular weight excluding hydrogens is 634 g/mol. The van der Waals surface area contributed by atoms with Crippen molar-refractivity contribution in [2.24, 2.45) is 23.7 Å². The zero-order valence-corrected chi connectivity index (χ0v) is 29.3. The molecule has 4 saturated heterocycles. The van der Waals surface area contributed by atoms with Gasteiger partial charge in [0.2, 0.25) is 5.79 Å². The first-order valence-corrected chi connectivity index (χ1v) is 17.5. The summed E-state index contributed by atoms with van der Waals surface area (Å²) in [4.78, 5) is 51.8. The van der Waals surface area contributed by atoms with Crippen LogP contribution in [0.3, 0.4) is 0 Å². The van der Waals surface area contributed by atoms with Crippen LogP contribution in [0.2, 0.25) is 0 Å². The number of nitrogens with one attached hydrogen (secondary N) is 1. The number of phenols is 2. The molecule has 0 amide bonds. The van der Waals surface area contributed by atoms with Gasteiger partial charge in [0, 0.05) is 48.7 Å². The lowest BCUT2D eigenvalue weighted by atomic mass is 9.58. The van der Waals surface area contributed by atoms with Crippen LogP contribution in [0.15, 0.2) is 23.1 Å². The van der Waals surface area contributed by atoms with Crippen molar-refractivity contribution in [3.8, 4) is 17.2 Å². The van der Waals surface area contributed by atoms with Crippen molar-refractivity contribution in [2.75, 3.05) is 13.2 Å². The predicted octanol–water partition coefficient (Wildman–Crippen LogP) is 5.16. The smallest absolute Gasteiger partial charge is 0.201 e. The highest BCUT2D eigenvalue weighted by Crippen LogP contribution is 2.61. The van der Waals surface area contributed by atoms with Gasteiger partial charge in [-0.25, -0.2) is 9.78 Å². The molecule has 1 saturated carbocycles. The number of rotatable bonds is 8. The first-order chi connectivity index (χ1) is 23.2. The maximum atomic E-state index is 14.0. The van der Waals surface area contributed by atoms with E-state index in [0.717, 1.165) is 25.7 Å². The van der Waals surface area contributed by atoms with Crippen LogP contribution in [-0.2, 0) is 39.0 Å². The van der Waals surface area contributed by atoms with Crippen LogP contribution in [0.4, 0.5) is 0 Å². The molecule has 12 nitrogen and oxygen atoms in total. The number of allylic oxidation sites excluding steroid dienone is 4. The van der Waals surface area contributed by atoms with E-state index >= 15 is 0 Å². The zero-order chi connectivity index (χ0) is 35.2. The van der Waals surface area contributed by atoms with Gasteiger partial charge in [-0.05, 0) is 78.6 Å². The normalized spacial score (nSPS) is 38.6. The summed E-state index contributed by atoms with van der Waals surface area (Å²) in [5.74, 6) is -2.27. The standard InChI is InChI=1S/C37H47NO11/c1-17-10-11-23-18(2)33(46-34-37(23)22(17)12-13-35(6,47-34)48-49-37)44-15-9-8-14-38-20(4)26-24(40)16-25-36(7,32(26)43)28-30(42)19(3)29(41)27(21(5)39)31(28)45-25/h16-18,22-23,33-34,38,41-42H,8-15H2,1-7H3/b26-20+/t17-,18-,22?,23+,33-,34-,35+,36+,37-/m1/s1. The molecule has 9 atom stereocenters. The number of unbranched alkanes of at least 4 members (excludes halogenated alkanes) is 1. The van der Waals surface area contributed by atoms with E-state index in [1.165, 1.54) is 19.9 Å². The monoisotopic (exact) mass is 681 g/mol. The summed E-state index contributed by atoms with van der Waals surface area (Å²) in [5, 5.41) is 24.8. The Labute approximate surface area is 286 Å². The van der Waals surface area contributed by atoms with Gasteiger partial charge in [0.25, 0.3) is 0 Å². The molecule has 266 valence electrons. The Kier molecular flexibility index (Phi) is 8.30. The van der Waals surface area contributed by atoms with Crippen molar-refractivity contribution in [3.63, 3.8) is 0 Å². The fraction of sp³-hybridized carbons (Fsp3) is 0.649. The number of phenolic OH excluding ortho intramolecular Hbond substituents is 2. The van der Waals surface area contributed by atoms with Crippen LogP contribution in [0.1, 0.15) is 102 Å². The molecular formula is C37H47NO11. The number of fused-ring (bicyclic) bond motifs is 5. The Morgan fingerprint density at radius 1 is 1.04 bits per heavy atom. The van der Waals surface area contributed by atoms with E-state index in [1.54, 1.807) is 13.8 Å². The molecule has 1 aromatic rings. The average molecular weight is 682 g/mol. The molecule has 1 aromatic carbocycles. The number of benzene rings is 1. The Morgan fingerprint density at radius 3 is 2.53 bits per heavy atom. The van der Waals surface area contributed by atoms with E-state index in [9.17, 15) is 24.6 Å². The summed E-state index contributed by atoms with van der Waals surface area (Å²) in [5.41, 5.74) is -1.86. The molecule has 0 aromatic heterocycles. The Morgan fingerprint density at radius 2 is 1.80 bits per heavy atom. The summed E-state index contributed by atoms with van der Waals surface area (Å²) < 4.78 is 25.1. The average Bonchev–Trinajstić information content (AvgIpc) is 3.16. The molecule has 5 aliphatic heterocycles. The predicted molar refractivity (Wildman–Crippen MR) is 173 cm³/mol. The fourth-order valence-corrected chi connectivity index (χ4v) is 9.22. The fourth-order valence-electron chi connectivity index (χ4n) is 9.22. The van der Waals surface area contributed by atoms with Crippen molar-refractivity contribution >= 4 is 17.3 Å². The maximum absolute atomic E-state index is 14.0. The minimum absolute atomic E-state index is 0.00705. The first kappa shape index (κ1) is 34.2. The molecule has 49 heavy (non-hydrogen) atoms. The van der Waals surface area contributed by atoms with Crippen LogP contribution in [0.5, 0.6) is 17.2 Å². The third-order valence-corrected chi connectivity index (χ3v) is 12.1. The SMILES string of the molecule is CC(=O)c1c(O)c(C)c(O)c2c1OC1=CC(=O)/C(=C(/C)NCCCCO[C@@H]3O[C@@H]4O[C@]5(C)CCC6[C@H](C)CC[C@@H]([C@H]3C)[C@]64OO5)C(=O)[C@@]12C. The maximum Gasteiger partial charge on any atom is 0.201 e. The number of hydrogen-bond donors (Lipinski definition) is 3. The second-order valence-corrected chi connectivity index (χ2v) is 15.2. The largest absolute Gasteiger partial charge is 0.507 e. The number of carbonyl (C=O) groups excluding carboxylic acids is 3. The Hall–Kier alpha value is -3.29. The number of carbonyl (C=O) groups is 3. The van der Waals surface area contributed by atoms with E-state index in [0.29, 0.717) is 37.6 Å². The van der Waals surface area contributed by atoms with Crippen LogP contribution in [0.25, 0.3) is 0 Å². The van der Waals surface area contributed by atoms with Crippen LogP contribution < -0.4 is 10.1 Å². The zero-order valence-electron chi connectivity index (χ0n) is 29.3. The minimum atomic E-state index is -1.55. The van der Waals surface area contributed by atoms with Gasteiger partial charge in [-0.15, -0.1) is 0 Å². The second-order valence-electron chi connectivity index (χ2n) is 15.2. The summed E-state index contributed by atoms with van der Waals surface area (Å²) in [6.07, 6.45) is 5.44. The van der Waals surface area contributed by atoms with E-state index in [4.69, 9.17) is 28.7 Å². The highest BCUT2D eigenvalue weighted by atomic mass is 17.3. The van der Waals surface area contributed by atoms with Gasteiger partial charge in [-0.1, -0.05) is 13.8 Å². The molecule has 3 N–H and O–H groups in total. The topological polar surface area (TPSA) is 159 Å². The molecule has 2 bridgehead atoms. The lowest BCUT2D eigenvalue weighted by Gasteiger charge is -2.60. The summed E-state index contributed by atoms with van der Waals surface area (Å²) in [6, 6.07) is 0. The third kappa shape index (κ3) is 4.92. The Bertz CT molecular complexity index is 1680. The van der Waals surface area contributed by atoms with E-state index in [2.05, 4.69) is 19.2 Å². The van der Waals surface area contributed by atoms with Gasteiger partial charge in [0.05, 0.1) is 11.1 Å². The number of Topliss-reactive ketones (excluding diaryl/α,β-unsaturated/α-hetero) is 2. The van der Waals surface area contributed by atoms with Gasteiger partial charge in [-0.2, -0.15) is 0 Å². The minimum Gasteiger partial charge on any atom is -0.507 e. The number of ether oxygens (including phenoxy) is 4.